The summed E-state index contributed by atoms with van der Waals surface area (Å²) in [6.45, 7) is 5.49. The maximum atomic E-state index is 3.48. The minimum absolute atomic E-state index is 0.572. The fraction of sp³-hybridized carbons (Fsp3) is 0.294. The molecule has 1 aliphatic rings. The van der Waals surface area contributed by atoms with E-state index in [9.17, 15) is 0 Å². The van der Waals surface area contributed by atoms with Gasteiger partial charge in [0.25, 0.3) is 0 Å². The van der Waals surface area contributed by atoms with Gasteiger partial charge in [0.1, 0.15) is 0 Å². The normalized spacial score (nSPS) is 19.4. The number of anilines is 1. The number of hydrogen-bond donors (Lipinski definition) is 1. The van der Waals surface area contributed by atoms with E-state index >= 15 is 0 Å². The van der Waals surface area contributed by atoms with Crippen molar-refractivity contribution in [2.24, 2.45) is 0 Å². The highest BCUT2D eigenvalue weighted by Crippen LogP contribution is 2.23. The molecule has 1 N–H and O–H groups in total. The Morgan fingerprint density at radius 1 is 0.947 bits per heavy atom. The average Bonchev–Trinajstić information content (AvgIpc) is 2.48. The number of nitrogens with one attached hydrogen (secondary N) is 1. The smallest absolute Gasteiger partial charge is 0.0367 e. The Labute approximate surface area is 115 Å². The molecule has 1 atom stereocenters. The number of hydrogen-bond acceptors (Lipinski definition) is 2. The van der Waals surface area contributed by atoms with Crippen LogP contribution in [0.2, 0.25) is 0 Å². The monoisotopic (exact) mass is 252 g/mol. The molecule has 1 saturated heterocycles. The van der Waals surface area contributed by atoms with Gasteiger partial charge in [-0.1, -0.05) is 42.5 Å². The summed E-state index contributed by atoms with van der Waals surface area (Å²) in [4.78, 5) is 2.45. The molecule has 2 nitrogen and oxygen atoms in total. The summed E-state index contributed by atoms with van der Waals surface area (Å²) in [6, 6.07) is 20.0. The predicted molar refractivity (Wildman–Crippen MR) is 81.6 cm³/mol. The van der Waals surface area contributed by atoms with Gasteiger partial charge in [0, 0.05) is 31.4 Å². The Morgan fingerprint density at radius 3 is 2.32 bits per heavy atom. The highest BCUT2D eigenvalue weighted by Gasteiger charge is 2.15. The molecule has 0 saturated carbocycles. The van der Waals surface area contributed by atoms with Crippen molar-refractivity contribution in [2.75, 3.05) is 24.5 Å². The van der Waals surface area contributed by atoms with Gasteiger partial charge in [-0.3, -0.25) is 0 Å². The second kappa shape index (κ2) is 5.45. The van der Waals surface area contributed by atoms with Crippen LogP contribution in [0.3, 0.4) is 0 Å². The van der Waals surface area contributed by atoms with Crippen molar-refractivity contribution in [3.05, 3.63) is 54.6 Å². The molecule has 0 bridgehead atoms. The molecule has 0 radical (unpaired) electrons. The topological polar surface area (TPSA) is 15.3 Å². The molecule has 0 aromatic heterocycles. The van der Waals surface area contributed by atoms with Crippen LogP contribution in [-0.4, -0.2) is 25.7 Å². The largest absolute Gasteiger partial charge is 0.369 e. The third-order valence-electron chi connectivity index (χ3n) is 3.71. The molecule has 98 valence electrons. The second-order valence-corrected chi connectivity index (χ2v) is 5.21. The fourth-order valence-corrected chi connectivity index (χ4v) is 2.66. The number of nitrogens with zero attached hydrogens (tertiary/aromatic N) is 1. The summed E-state index contributed by atoms with van der Waals surface area (Å²) in [5.74, 6) is 0. The van der Waals surface area contributed by atoms with Crippen LogP contribution in [0.15, 0.2) is 54.6 Å². The van der Waals surface area contributed by atoms with Crippen LogP contribution >= 0.6 is 0 Å². The van der Waals surface area contributed by atoms with Crippen molar-refractivity contribution in [3.8, 4) is 11.1 Å². The zero-order valence-electron chi connectivity index (χ0n) is 11.3. The lowest BCUT2D eigenvalue weighted by atomic mass is 10.1. The lowest BCUT2D eigenvalue weighted by Gasteiger charge is -2.33. The molecule has 0 unspecified atom stereocenters. The first kappa shape index (κ1) is 12.2. The fourth-order valence-electron chi connectivity index (χ4n) is 2.66. The molecule has 1 heterocycles. The quantitative estimate of drug-likeness (QED) is 0.883. The van der Waals surface area contributed by atoms with Gasteiger partial charge in [-0.2, -0.15) is 0 Å². The Hall–Kier alpha value is -1.80. The summed E-state index contributed by atoms with van der Waals surface area (Å²) >= 11 is 0. The maximum Gasteiger partial charge on any atom is 0.0367 e. The van der Waals surface area contributed by atoms with Crippen molar-refractivity contribution >= 4 is 5.69 Å². The summed E-state index contributed by atoms with van der Waals surface area (Å²) in [7, 11) is 0. The second-order valence-electron chi connectivity index (χ2n) is 5.21. The van der Waals surface area contributed by atoms with Gasteiger partial charge in [0.05, 0.1) is 0 Å². The van der Waals surface area contributed by atoms with Gasteiger partial charge in [-0.05, 0) is 30.2 Å². The minimum Gasteiger partial charge on any atom is -0.369 e. The SMILES string of the molecule is C[C@@H]1CN(c2ccc(-c3ccccc3)cc2)CCN1. The van der Waals surface area contributed by atoms with E-state index < -0.39 is 0 Å². The van der Waals surface area contributed by atoms with Gasteiger partial charge in [-0.15, -0.1) is 0 Å². The van der Waals surface area contributed by atoms with Crippen LogP contribution in [-0.2, 0) is 0 Å². The highest BCUT2D eigenvalue weighted by molar-refractivity contribution is 5.66. The number of piperazine rings is 1. The number of rotatable bonds is 2. The third-order valence-corrected chi connectivity index (χ3v) is 3.71. The van der Waals surface area contributed by atoms with Crippen LogP contribution in [0.25, 0.3) is 11.1 Å². The van der Waals surface area contributed by atoms with Gasteiger partial charge in [0.15, 0.2) is 0 Å². The van der Waals surface area contributed by atoms with E-state index in [1.165, 1.54) is 16.8 Å². The average molecular weight is 252 g/mol. The first-order valence-electron chi connectivity index (χ1n) is 6.97. The predicted octanol–water partition coefficient (Wildman–Crippen LogP) is 3.15. The van der Waals surface area contributed by atoms with Crippen LogP contribution < -0.4 is 10.2 Å². The molecular formula is C17H20N2. The third kappa shape index (κ3) is 2.79. The molecule has 1 fully saturated rings. The molecule has 1 aliphatic heterocycles. The van der Waals surface area contributed by atoms with Crippen molar-refractivity contribution in [1.29, 1.82) is 0 Å². The molecule has 0 aliphatic carbocycles. The molecule has 2 heteroatoms. The molecule has 2 aromatic rings. The van der Waals surface area contributed by atoms with E-state index in [2.05, 4.69) is 71.7 Å². The summed E-state index contributed by atoms with van der Waals surface area (Å²) in [5.41, 5.74) is 3.89. The Kier molecular flexibility index (Phi) is 3.51. The van der Waals surface area contributed by atoms with Gasteiger partial charge in [-0.25, -0.2) is 0 Å². The van der Waals surface area contributed by atoms with Crippen molar-refractivity contribution < 1.29 is 0 Å². The summed E-state index contributed by atoms with van der Waals surface area (Å²) in [6.07, 6.45) is 0. The van der Waals surface area contributed by atoms with Crippen LogP contribution in [0.5, 0.6) is 0 Å². The van der Waals surface area contributed by atoms with Crippen molar-refractivity contribution in [2.45, 2.75) is 13.0 Å². The molecule has 19 heavy (non-hydrogen) atoms. The maximum absolute atomic E-state index is 3.48. The zero-order chi connectivity index (χ0) is 13.1. The van der Waals surface area contributed by atoms with E-state index in [0.717, 1.165) is 19.6 Å². The summed E-state index contributed by atoms with van der Waals surface area (Å²) in [5, 5.41) is 3.48. The lowest BCUT2D eigenvalue weighted by Crippen LogP contribution is -2.49. The van der Waals surface area contributed by atoms with Gasteiger partial charge in [0.2, 0.25) is 0 Å². The van der Waals surface area contributed by atoms with E-state index in [1.54, 1.807) is 0 Å². The first-order chi connectivity index (χ1) is 9.33. The molecule has 2 aromatic carbocycles. The summed E-state index contributed by atoms with van der Waals surface area (Å²) < 4.78 is 0. The van der Waals surface area contributed by atoms with E-state index in [4.69, 9.17) is 0 Å². The first-order valence-corrected chi connectivity index (χ1v) is 6.97. The number of benzene rings is 2. The van der Waals surface area contributed by atoms with Gasteiger partial charge >= 0.3 is 0 Å². The molecule has 3 rings (SSSR count). The minimum atomic E-state index is 0.572. The molecule has 0 spiro atoms. The van der Waals surface area contributed by atoms with Gasteiger partial charge < -0.3 is 10.2 Å². The Balaban J connectivity index is 1.79. The van der Waals surface area contributed by atoms with Crippen LogP contribution in [0, 0.1) is 0 Å². The van der Waals surface area contributed by atoms with E-state index in [1.807, 2.05) is 0 Å². The lowest BCUT2D eigenvalue weighted by molar-refractivity contribution is 0.485. The van der Waals surface area contributed by atoms with E-state index in [-0.39, 0.29) is 0 Å². The Morgan fingerprint density at radius 2 is 1.63 bits per heavy atom. The Bertz CT molecular complexity index is 519. The highest BCUT2D eigenvalue weighted by atomic mass is 15.2. The van der Waals surface area contributed by atoms with Crippen LogP contribution in [0.4, 0.5) is 5.69 Å². The van der Waals surface area contributed by atoms with Crippen LogP contribution in [0.1, 0.15) is 6.92 Å². The van der Waals surface area contributed by atoms with Crippen molar-refractivity contribution in [3.63, 3.8) is 0 Å². The molecule has 0 amide bonds. The zero-order valence-corrected chi connectivity index (χ0v) is 11.3. The van der Waals surface area contributed by atoms with E-state index in [0.29, 0.717) is 6.04 Å². The van der Waals surface area contributed by atoms with Crippen molar-refractivity contribution in [1.82, 2.24) is 5.32 Å². The standard InChI is InChI=1S/C17H20N2/c1-14-13-19(12-11-18-14)17-9-7-16(8-10-17)15-5-3-2-4-6-15/h2-10,14,18H,11-13H2,1H3/t14-/m1/s1. The molecular weight excluding hydrogens is 232 g/mol.